The molecule has 1 aliphatic rings. The smallest absolute Gasteiger partial charge is 0.109 e. The molecule has 2 heteroatoms. The first-order valence-electron chi connectivity index (χ1n) is 2.94. The molecular weight excluding hydrogens is 107 g/mol. The summed E-state index contributed by atoms with van der Waals surface area (Å²) in [6.45, 7) is 1.73. The van der Waals surface area contributed by atoms with Crippen LogP contribution in [0.15, 0.2) is 0 Å². The Morgan fingerprint density at radius 3 is 2.38 bits per heavy atom. The van der Waals surface area contributed by atoms with E-state index in [9.17, 15) is 4.39 Å². The van der Waals surface area contributed by atoms with E-state index in [1.54, 1.807) is 6.92 Å². The van der Waals surface area contributed by atoms with Gasteiger partial charge in [0.05, 0.1) is 0 Å². The van der Waals surface area contributed by atoms with E-state index in [1.807, 2.05) is 0 Å². The molecule has 8 heavy (non-hydrogen) atoms. The van der Waals surface area contributed by atoms with Crippen molar-refractivity contribution in [2.45, 2.75) is 25.4 Å². The normalized spacial score (nSPS) is 46.1. The second kappa shape index (κ2) is 1.69. The molecule has 1 nitrogen and oxygen atoms in total. The molecule has 1 fully saturated rings. The molecule has 0 aromatic rings. The van der Waals surface area contributed by atoms with Gasteiger partial charge >= 0.3 is 0 Å². The molecule has 0 saturated heterocycles. The number of hydrogen-bond acceptors (Lipinski definition) is 1. The van der Waals surface area contributed by atoms with Crippen LogP contribution in [0.5, 0.6) is 0 Å². The van der Waals surface area contributed by atoms with E-state index in [1.165, 1.54) is 0 Å². The number of rotatable bonds is 1. The van der Waals surface area contributed by atoms with Gasteiger partial charge in [-0.3, -0.25) is 0 Å². The van der Waals surface area contributed by atoms with Gasteiger partial charge in [-0.2, -0.15) is 0 Å². The van der Waals surface area contributed by atoms with Crippen LogP contribution in [0.4, 0.5) is 4.39 Å². The van der Waals surface area contributed by atoms with Crippen molar-refractivity contribution in [1.29, 1.82) is 0 Å². The molecule has 48 valence electrons. The van der Waals surface area contributed by atoms with Gasteiger partial charge in [-0.25, -0.2) is 4.39 Å². The molecule has 0 bridgehead atoms. The standard InChI is InChI=1S/C6H11FO/c1-6(7)2-5(3-6)4-8/h5,8H,2-4H2,1H3. The Kier molecular flexibility index (Phi) is 1.27. The monoisotopic (exact) mass is 118 g/mol. The summed E-state index contributed by atoms with van der Waals surface area (Å²) in [6.07, 6.45) is 1.09. The maximum Gasteiger partial charge on any atom is 0.109 e. The Morgan fingerprint density at radius 2 is 2.25 bits per heavy atom. The molecule has 1 N–H and O–H groups in total. The van der Waals surface area contributed by atoms with Gasteiger partial charge in [0, 0.05) is 6.61 Å². The molecule has 1 rings (SSSR count). The third-order valence-corrected chi connectivity index (χ3v) is 1.69. The second-order valence-electron chi connectivity index (χ2n) is 2.87. The molecule has 0 heterocycles. The fourth-order valence-electron chi connectivity index (χ4n) is 1.27. The zero-order valence-corrected chi connectivity index (χ0v) is 5.02. The van der Waals surface area contributed by atoms with Crippen molar-refractivity contribution in [2.24, 2.45) is 5.92 Å². The van der Waals surface area contributed by atoms with E-state index in [0.717, 1.165) is 0 Å². The molecule has 0 amide bonds. The molecule has 0 atom stereocenters. The fourth-order valence-corrected chi connectivity index (χ4v) is 1.27. The Morgan fingerprint density at radius 1 is 1.75 bits per heavy atom. The summed E-state index contributed by atoms with van der Waals surface area (Å²) in [5.74, 6) is 0.241. The van der Waals surface area contributed by atoms with E-state index >= 15 is 0 Å². The first-order valence-corrected chi connectivity index (χ1v) is 2.94. The summed E-state index contributed by atoms with van der Waals surface area (Å²) in [5.41, 5.74) is -0.965. The minimum absolute atomic E-state index is 0.152. The van der Waals surface area contributed by atoms with Gasteiger partial charge in [-0.15, -0.1) is 0 Å². The van der Waals surface area contributed by atoms with Crippen molar-refractivity contribution < 1.29 is 9.50 Å². The quantitative estimate of drug-likeness (QED) is 0.547. The lowest BCUT2D eigenvalue weighted by Gasteiger charge is -2.37. The highest BCUT2D eigenvalue weighted by Crippen LogP contribution is 2.39. The van der Waals surface area contributed by atoms with E-state index < -0.39 is 5.67 Å². The van der Waals surface area contributed by atoms with Gasteiger partial charge < -0.3 is 5.11 Å². The van der Waals surface area contributed by atoms with Gasteiger partial charge in [-0.1, -0.05) is 0 Å². The fraction of sp³-hybridized carbons (Fsp3) is 1.00. The Balaban J connectivity index is 2.21. The molecule has 1 aliphatic carbocycles. The van der Waals surface area contributed by atoms with Crippen LogP contribution in [0.1, 0.15) is 19.8 Å². The van der Waals surface area contributed by atoms with Gasteiger partial charge in [-0.05, 0) is 25.7 Å². The molecular formula is C6H11FO. The average molecular weight is 118 g/mol. The van der Waals surface area contributed by atoms with Crippen molar-refractivity contribution in [2.75, 3.05) is 6.61 Å². The molecule has 0 radical (unpaired) electrons. The highest BCUT2D eigenvalue weighted by molar-refractivity contribution is 4.89. The largest absolute Gasteiger partial charge is 0.396 e. The zero-order chi connectivity index (χ0) is 6.20. The summed E-state index contributed by atoms with van der Waals surface area (Å²) in [6, 6.07) is 0. The van der Waals surface area contributed by atoms with Crippen LogP contribution in [0, 0.1) is 5.92 Å². The Labute approximate surface area is 48.5 Å². The molecule has 0 aliphatic heterocycles. The van der Waals surface area contributed by atoms with Crippen LogP contribution in [-0.2, 0) is 0 Å². The number of hydrogen-bond donors (Lipinski definition) is 1. The summed E-state index contributed by atoms with van der Waals surface area (Å²) < 4.78 is 12.5. The molecule has 0 aromatic heterocycles. The van der Waals surface area contributed by atoms with E-state index in [4.69, 9.17) is 5.11 Å². The van der Waals surface area contributed by atoms with Crippen LogP contribution < -0.4 is 0 Å². The lowest BCUT2D eigenvalue weighted by molar-refractivity contribution is -0.00302. The molecule has 0 unspecified atom stereocenters. The number of halogens is 1. The average Bonchev–Trinajstić information content (AvgIpc) is 1.60. The van der Waals surface area contributed by atoms with E-state index in [0.29, 0.717) is 12.8 Å². The highest BCUT2D eigenvalue weighted by atomic mass is 19.1. The summed E-state index contributed by atoms with van der Waals surface area (Å²) in [5, 5.41) is 8.45. The van der Waals surface area contributed by atoms with Crippen LogP contribution >= 0.6 is 0 Å². The lowest BCUT2D eigenvalue weighted by Crippen LogP contribution is -2.38. The number of alkyl halides is 1. The van der Waals surface area contributed by atoms with Crippen LogP contribution in [0.2, 0.25) is 0 Å². The summed E-state index contributed by atoms with van der Waals surface area (Å²) in [7, 11) is 0. The third-order valence-electron chi connectivity index (χ3n) is 1.69. The first-order chi connectivity index (χ1) is 3.64. The van der Waals surface area contributed by atoms with Crippen molar-refractivity contribution in [3.05, 3.63) is 0 Å². The molecule has 0 spiro atoms. The Bertz CT molecular complexity index is 82.5. The minimum Gasteiger partial charge on any atom is -0.396 e. The zero-order valence-electron chi connectivity index (χ0n) is 5.02. The van der Waals surface area contributed by atoms with Crippen LogP contribution in [0.3, 0.4) is 0 Å². The second-order valence-corrected chi connectivity index (χ2v) is 2.87. The van der Waals surface area contributed by atoms with Crippen LogP contribution in [0.25, 0.3) is 0 Å². The van der Waals surface area contributed by atoms with E-state index in [2.05, 4.69) is 0 Å². The van der Waals surface area contributed by atoms with Crippen LogP contribution in [-0.4, -0.2) is 17.4 Å². The predicted molar refractivity (Wildman–Crippen MR) is 29.3 cm³/mol. The molecule has 0 aromatic carbocycles. The van der Waals surface area contributed by atoms with Gasteiger partial charge in [0.1, 0.15) is 5.67 Å². The van der Waals surface area contributed by atoms with Crippen molar-refractivity contribution >= 4 is 0 Å². The number of aliphatic hydroxyl groups excluding tert-OH is 1. The Hall–Kier alpha value is -0.110. The van der Waals surface area contributed by atoms with Crippen molar-refractivity contribution in [1.82, 2.24) is 0 Å². The maximum atomic E-state index is 12.5. The predicted octanol–water partition coefficient (Wildman–Crippen LogP) is 1.12. The SMILES string of the molecule is CC1(F)CC(CO)C1. The number of aliphatic hydroxyl groups is 1. The topological polar surface area (TPSA) is 20.2 Å². The van der Waals surface area contributed by atoms with Crippen molar-refractivity contribution in [3.8, 4) is 0 Å². The maximum absolute atomic E-state index is 12.5. The third kappa shape index (κ3) is 0.996. The van der Waals surface area contributed by atoms with E-state index in [-0.39, 0.29) is 12.5 Å². The van der Waals surface area contributed by atoms with Gasteiger partial charge in [0.2, 0.25) is 0 Å². The van der Waals surface area contributed by atoms with Gasteiger partial charge in [0.25, 0.3) is 0 Å². The summed E-state index contributed by atoms with van der Waals surface area (Å²) in [4.78, 5) is 0. The molecule has 1 saturated carbocycles. The van der Waals surface area contributed by atoms with Gasteiger partial charge in [0.15, 0.2) is 0 Å². The highest BCUT2D eigenvalue weighted by Gasteiger charge is 2.39. The summed E-state index contributed by atoms with van der Waals surface area (Å²) >= 11 is 0. The minimum atomic E-state index is -0.965. The first kappa shape index (κ1) is 6.02. The van der Waals surface area contributed by atoms with Crippen molar-refractivity contribution in [3.63, 3.8) is 0 Å². The lowest BCUT2D eigenvalue weighted by atomic mass is 9.74.